The summed E-state index contributed by atoms with van der Waals surface area (Å²) in [6.07, 6.45) is 6.73. The zero-order valence-electron chi connectivity index (χ0n) is 27.3. The van der Waals surface area contributed by atoms with Crippen molar-refractivity contribution in [1.29, 1.82) is 0 Å². The van der Waals surface area contributed by atoms with E-state index in [1.165, 1.54) is 0 Å². The second-order valence-corrected chi connectivity index (χ2v) is 12.3. The van der Waals surface area contributed by atoms with Crippen LogP contribution in [-0.2, 0) is 19.1 Å². The molecule has 1 N–H and O–H groups in total. The zero-order chi connectivity index (χ0) is 33.4. The van der Waals surface area contributed by atoms with Crippen molar-refractivity contribution in [3.05, 3.63) is 92.0 Å². The molecule has 5 unspecified atom stereocenters. The lowest BCUT2D eigenvalue weighted by atomic mass is 9.93. The van der Waals surface area contributed by atoms with Gasteiger partial charge < -0.3 is 19.7 Å². The fourth-order valence-electron chi connectivity index (χ4n) is 6.38. The van der Waals surface area contributed by atoms with Crippen LogP contribution in [0, 0.1) is 17.8 Å². The third-order valence-corrected chi connectivity index (χ3v) is 9.08. The first-order chi connectivity index (χ1) is 22.8. The van der Waals surface area contributed by atoms with Crippen molar-refractivity contribution in [2.24, 2.45) is 17.8 Å². The molecule has 47 heavy (non-hydrogen) atoms. The maximum atomic E-state index is 14.0. The SMILES string of the molecule is C=CCCCCN(C)C(=O)C1CC(Oc2cc(-c3ccccc3)nc(-c3ccccc3)n2)CC1C(=O)NC1(C(=O)OCC)CC1C=C. The second kappa shape index (κ2) is 15.2. The van der Waals surface area contributed by atoms with Gasteiger partial charge in [-0.1, -0.05) is 72.8 Å². The molecule has 0 bridgehead atoms. The fourth-order valence-corrected chi connectivity index (χ4v) is 6.38. The molecule has 9 heteroatoms. The Hall–Kier alpha value is -4.79. The van der Waals surface area contributed by atoms with Crippen molar-refractivity contribution in [1.82, 2.24) is 20.2 Å². The highest BCUT2D eigenvalue weighted by Crippen LogP contribution is 2.46. The summed E-state index contributed by atoms with van der Waals surface area (Å²) in [6.45, 7) is 10.1. The van der Waals surface area contributed by atoms with Crippen LogP contribution in [0.15, 0.2) is 92.0 Å². The van der Waals surface area contributed by atoms with Gasteiger partial charge in [-0.15, -0.1) is 13.2 Å². The van der Waals surface area contributed by atoms with E-state index in [1.807, 2.05) is 66.7 Å². The lowest BCUT2D eigenvalue weighted by Crippen LogP contribution is -2.50. The molecule has 2 saturated carbocycles. The molecular weight excluding hydrogens is 592 g/mol. The number of aromatic nitrogens is 2. The Morgan fingerprint density at radius 2 is 1.66 bits per heavy atom. The average Bonchev–Trinajstić information content (AvgIpc) is 3.66. The van der Waals surface area contributed by atoms with Gasteiger partial charge in [0.2, 0.25) is 17.7 Å². The molecule has 1 aromatic heterocycles. The number of ether oxygens (including phenoxy) is 2. The van der Waals surface area contributed by atoms with Gasteiger partial charge in [-0.2, -0.15) is 4.98 Å². The van der Waals surface area contributed by atoms with Crippen LogP contribution < -0.4 is 10.1 Å². The molecular formula is C38H44N4O5. The van der Waals surface area contributed by atoms with E-state index in [2.05, 4.69) is 18.5 Å². The summed E-state index contributed by atoms with van der Waals surface area (Å²) in [7, 11) is 1.77. The predicted octanol–water partition coefficient (Wildman–Crippen LogP) is 6.02. The quantitative estimate of drug-likeness (QED) is 0.123. The summed E-state index contributed by atoms with van der Waals surface area (Å²) in [4.78, 5) is 52.1. The maximum absolute atomic E-state index is 14.0. The van der Waals surface area contributed by atoms with Crippen LogP contribution in [0.4, 0.5) is 0 Å². The van der Waals surface area contributed by atoms with E-state index < -0.39 is 29.4 Å². The number of hydrogen-bond donors (Lipinski definition) is 1. The molecule has 2 amide bonds. The van der Waals surface area contributed by atoms with Gasteiger partial charge in [0.15, 0.2) is 5.82 Å². The largest absolute Gasteiger partial charge is 0.474 e. The van der Waals surface area contributed by atoms with Gasteiger partial charge in [0.25, 0.3) is 0 Å². The monoisotopic (exact) mass is 636 g/mol. The van der Waals surface area contributed by atoms with Crippen LogP contribution in [0.25, 0.3) is 22.6 Å². The third-order valence-electron chi connectivity index (χ3n) is 9.08. The summed E-state index contributed by atoms with van der Waals surface area (Å²) in [5, 5.41) is 2.98. The predicted molar refractivity (Wildman–Crippen MR) is 181 cm³/mol. The molecule has 2 aliphatic carbocycles. The van der Waals surface area contributed by atoms with Crippen LogP contribution in [0.5, 0.6) is 5.88 Å². The normalized spacial score (nSPS) is 22.9. The van der Waals surface area contributed by atoms with Crippen molar-refractivity contribution < 1.29 is 23.9 Å². The van der Waals surface area contributed by atoms with Crippen LogP contribution >= 0.6 is 0 Å². The number of nitrogens with zero attached hydrogens (tertiary/aromatic N) is 3. The first-order valence-corrected chi connectivity index (χ1v) is 16.4. The van der Waals surface area contributed by atoms with Crippen molar-refractivity contribution in [3.8, 4) is 28.5 Å². The van der Waals surface area contributed by atoms with E-state index in [0.717, 1.165) is 30.4 Å². The van der Waals surface area contributed by atoms with Gasteiger partial charge in [-0.25, -0.2) is 9.78 Å². The Labute approximate surface area is 277 Å². The highest BCUT2D eigenvalue weighted by atomic mass is 16.5. The molecule has 9 nitrogen and oxygen atoms in total. The van der Waals surface area contributed by atoms with Crippen molar-refractivity contribution in [3.63, 3.8) is 0 Å². The Morgan fingerprint density at radius 3 is 2.30 bits per heavy atom. The zero-order valence-corrected chi connectivity index (χ0v) is 27.3. The lowest BCUT2D eigenvalue weighted by molar-refractivity contribution is -0.150. The average molecular weight is 637 g/mol. The van der Waals surface area contributed by atoms with Gasteiger partial charge in [-0.05, 0) is 45.4 Å². The number of amides is 2. The molecule has 0 spiro atoms. The van der Waals surface area contributed by atoms with Crippen molar-refractivity contribution in [2.45, 2.75) is 57.1 Å². The molecule has 0 saturated heterocycles. The standard InChI is InChI=1S/C38H44N4O5/c1-5-8-9-16-21-42(4)36(44)31-23-29(22-30(31)35(43)41-38(25-28(38)6-2)37(45)46-7-3)47-33-24-32(26-17-12-10-13-18-26)39-34(40-33)27-19-14-11-15-20-27/h5-6,10-15,17-20,24,28-31H,1-2,7-9,16,21-23,25H2,3-4H3,(H,41,43). The number of nitrogens with one attached hydrogen (secondary N) is 1. The molecule has 3 aromatic rings. The fraction of sp³-hybridized carbons (Fsp3) is 0.395. The van der Waals surface area contributed by atoms with Gasteiger partial charge in [0.05, 0.1) is 24.1 Å². The van der Waals surface area contributed by atoms with E-state index in [4.69, 9.17) is 19.4 Å². The lowest BCUT2D eigenvalue weighted by Gasteiger charge is -2.26. The highest BCUT2D eigenvalue weighted by Gasteiger charge is 2.62. The Bertz CT molecular complexity index is 1520. The minimum Gasteiger partial charge on any atom is -0.474 e. The first-order valence-electron chi connectivity index (χ1n) is 16.4. The number of carbonyl (C=O) groups excluding carboxylic acids is 3. The smallest absolute Gasteiger partial charge is 0.332 e. The molecule has 0 aliphatic heterocycles. The van der Waals surface area contributed by atoms with E-state index in [0.29, 0.717) is 36.8 Å². The van der Waals surface area contributed by atoms with Gasteiger partial charge in [0, 0.05) is 36.7 Å². The number of rotatable bonds is 15. The summed E-state index contributed by atoms with van der Waals surface area (Å²) in [5.74, 6) is -1.63. The Balaban J connectivity index is 1.41. The molecule has 2 fully saturated rings. The van der Waals surface area contributed by atoms with Gasteiger partial charge >= 0.3 is 5.97 Å². The second-order valence-electron chi connectivity index (χ2n) is 12.3. The van der Waals surface area contributed by atoms with Gasteiger partial charge in [0.1, 0.15) is 11.6 Å². The van der Waals surface area contributed by atoms with Crippen molar-refractivity contribution in [2.75, 3.05) is 20.2 Å². The first kappa shape index (κ1) is 33.6. The molecule has 1 heterocycles. The van der Waals surface area contributed by atoms with Crippen LogP contribution in [0.3, 0.4) is 0 Å². The van der Waals surface area contributed by atoms with E-state index in [-0.39, 0.29) is 30.8 Å². The molecule has 246 valence electrons. The molecule has 5 rings (SSSR count). The summed E-state index contributed by atoms with van der Waals surface area (Å²) < 4.78 is 11.8. The summed E-state index contributed by atoms with van der Waals surface area (Å²) in [6, 6.07) is 21.3. The van der Waals surface area contributed by atoms with Gasteiger partial charge in [-0.3, -0.25) is 9.59 Å². The topological polar surface area (TPSA) is 111 Å². The molecule has 0 radical (unpaired) electrons. The van der Waals surface area contributed by atoms with Crippen molar-refractivity contribution >= 4 is 17.8 Å². The molecule has 5 atom stereocenters. The minimum absolute atomic E-state index is 0.117. The summed E-state index contributed by atoms with van der Waals surface area (Å²) >= 11 is 0. The number of hydrogen-bond acceptors (Lipinski definition) is 7. The van der Waals surface area contributed by atoms with Crippen LogP contribution in [-0.4, -0.2) is 64.5 Å². The number of carbonyl (C=O) groups is 3. The number of unbranched alkanes of at least 4 members (excludes halogenated alkanes) is 2. The van der Waals surface area contributed by atoms with E-state index >= 15 is 0 Å². The minimum atomic E-state index is -1.15. The van der Waals surface area contributed by atoms with E-state index in [1.54, 1.807) is 31.0 Å². The third kappa shape index (κ3) is 7.79. The Kier molecular flexibility index (Phi) is 10.9. The van der Waals surface area contributed by atoms with E-state index in [9.17, 15) is 14.4 Å². The van der Waals surface area contributed by atoms with Crippen LogP contribution in [0.1, 0.15) is 45.4 Å². The highest BCUT2D eigenvalue weighted by molar-refractivity contribution is 5.95. The number of benzene rings is 2. The molecule has 2 aromatic carbocycles. The van der Waals surface area contributed by atoms with Crippen LogP contribution in [0.2, 0.25) is 0 Å². The number of esters is 1. The maximum Gasteiger partial charge on any atom is 0.332 e. The Morgan fingerprint density at radius 1 is 0.979 bits per heavy atom. The number of allylic oxidation sites excluding steroid dienone is 1. The molecule has 2 aliphatic rings. The summed E-state index contributed by atoms with van der Waals surface area (Å²) in [5.41, 5.74) is 1.31.